The molecule has 2 aromatic carbocycles. The third kappa shape index (κ3) is 6.61. The van der Waals surface area contributed by atoms with E-state index in [2.05, 4.69) is 68.1 Å². The van der Waals surface area contributed by atoms with Gasteiger partial charge in [0, 0.05) is 30.0 Å². The molecule has 1 aromatic heterocycles. The van der Waals surface area contributed by atoms with Crippen molar-refractivity contribution >= 4 is 15.9 Å². The second-order valence-electron chi connectivity index (χ2n) is 6.93. The van der Waals surface area contributed by atoms with Crippen LogP contribution in [0.5, 0.6) is 11.5 Å². The summed E-state index contributed by atoms with van der Waals surface area (Å²) in [7, 11) is 0. The zero-order valence-electron chi connectivity index (χ0n) is 17.0. The fourth-order valence-electron chi connectivity index (χ4n) is 2.97. The molecule has 0 fully saturated rings. The number of hydrogen-bond donors (Lipinski definition) is 1. The molecule has 3 rings (SSSR count). The third-order valence-electron chi connectivity index (χ3n) is 4.57. The number of aromatic nitrogens is 2. The normalized spacial score (nSPS) is 10.9. The van der Waals surface area contributed by atoms with E-state index in [1.807, 2.05) is 31.7 Å². The molecule has 1 N–H and O–H groups in total. The Morgan fingerprint density at radius 1 is 1.10 bits per heavy atom. The number of hydrogen-bond acceptors (Lipinski definition) is 4. The van der Waals surface area contributed by atoms with Crippen LogP contribution in [0.15, 0.2) is 59.6 Å². The summed E-state index contributed by atoms with van der Waals surface area (Å²) in [6.45, 7) is 7.84. The van der Waals surface area contributed by atoms with E-state index in [0.717, 1.165) is 53.2 Å². The molecule has 0 aliphatic rings. The van der Waals surface area contributed by atoms with Gasteiger partial charge < -0.3 is 19.4 Å². The van der Waals surface area contributed by atoms with E-state index in [1.165, 1.54) is 5.56 Å². The molecule has 1 heterocycles. The van der Waals surface area contributed by atoms with Gasteiger partial charge in [0.2, 0.25) is 0 Å². The van der Waals surface area contributed by atoms with Crippen molar-refractivity contribution in [2.75, 3.05) is 13.2 Å². The van der Waals surface area contributed by atoms with Gasteiger partial charge in [-0.15, -0.1) is 0 Å². The Balaban J connectivity index is 1.56. The van der Waals surface area contributed by atoms with Crippen molar-refractivity contribution in [1.29, 1.82) is 0 Å². The van der Waals surface area contributed by atoms with Crippen LogP contribution in [-0.2, 0) is 19.7 Å². The number of aryl methyl sites for hydroxylation is 2. The molecule has 0 unspecified atom stereocenters. The van der Waals surface area contributed by atoms with Gasteiger partial charge in [-0.2, -0.15) is 0 Å². The van der Waals surface area contributed by atoms with Crippen molar-refractivity contribution in [3.05, 3.63) is 76.3 Å². The molecule has 0 saturated carbocycles. The maximum Gasteiger partial charge on any atom is 0.162 e. The first-order chi connectivity index (χ1) is 14.2. The van der Waals surface area contributed by atoms with Gasteiger partial charge in [-0.3, -0.25) is 0 Å². The molecular formula is C23H28BrN3O2. The molecule has 154 valence electrons. The van der Waals surface area contributed by atoms with Crippen molar-refractivity contribution in [2.45, 2.75) is 40.0 Å². The predicted octanol–water partition coefficient (Wildman–Crippen LogP) is 5.11. The summed E-state index contributed by atoms with van der Waals surface area (Å²) in [5, 5.41) is 3.50. The van der Waals surface area contributed by atoms with Crippen LogP contribution in [0, 0.1) is 6.92 Å². The number of nitrogens with one attached hydrogen (secondary N) is 1. The lowest BCUT2D eigenvalue weighted by Crippen LogP contribution is -2.16. The summed E-state index contributed by atoms with van der Waals surface area (Å²) in [5.74, 6) is 1.53. The molecule has 0 bridgehead atoms. The van der Waals surface area contributed by atoms with Gasteiger partial charge in [0.05, 0.1) is 12.9 Å². The summed E-state index contributed by atoms with van der Waals surface area (Å²) < 4.78 is 15.0. The second kappa shape index (κ2) is 11.0. The Morgan fingerprint density at radius 2 is 1.90 bits per heavy atom. The Morgan fingerprint density at radius 3 is 2.62 bits per heavy atom. The van der Waals surface area contributed by atoms with E-state index in [9.17, 15) is 0 Å². The molecule has 0 amide bonds. The lowest BCUT2D eigenvalue weighted by atomic mass is 10.1. The maximum atomic E-state index is 6.05. The molecule has 5 nitrogen and oxygen atoms in total. The van der Waals surface area contributed by atoms with Crippen molar-refractivity contribution < 1.29 is 9.47 Å². The van der Waals surface area contributed by atoms with Crippen LogP contribution < -0.4 is 14.8 Å². The van der Waals surface area contributed by atoms with Crippen LogP contribution in [0.25, 0.3) is 0 Å². The Kier molecular flexibility index (Phi) is 8.14. The van der Waals surface area contributed by atoms with E-state index >= 15 is 0 Å². The number of halogens is 1. The van der Waals surface area contributed by atoms with Crippen LogP contribution >= 0.6 is 15.9 Å². The largest absolute Gasteiger partial charge is 0.490 e. The van der Waals surface area contributed by atoms with Gasteiger partial charge >= 0.3 is 0 Å². The average molecular weight is 458 g/mol. The average Bonchev–Trinajstić information content (AvgIpc) is 3.23. The molecular weight excluding hydrogens is 430 g/mol. The van der Waals surface area contributed by atoms with Gasteiger partial charge in [0.15, 0.2) is 11.5 Å². The van der Waals surface area contributed by atoms with Gasteiger partial charge in [-0.1, -0.05) is 45.8 Å². The van der Waals surface area contributed by atoms with Gasteiger partial charge in [-0.05, 0) is 50.1 Å². The van der Waals surface area contributed by atoms with Crippen molar-refractivity contribution in [3.63, 3.8) is 0 Å². The maximum absolute atomic E-state index is 6.05. The first-order valence-electron chi connectivity index (χ1n) is 9.95. The summed E-state index contributed by atoms with van der Waals surface area (Å²) in [4.78, 5) is 4.06. The second-order valence-corrected chi connectivity index (χ2v) is 7.78. The third-order valence-corrected chi connectivity index (χ3v) is 5.31. The van der Waals surface area contributed by atoms with Crippen molar-refractivity contribution in [1.82, 2.24) is 14.9 Å². The highest BCUT2D eigenvalue weighted by Crippen LogP contribution is 2.34. The fraction of sp³-hybridized carbons (Fsp3) is 0.348. The highest BCUT2D eigenvalue weighted by Gasteiger charge is 2.11. The Labute approximate surface area is 181 Å². The minimum absolute atomic E-state index is 0.513. The molecule has 0 aliphatic carbocycles. The highest BCUT2D eigenvalue weighted by atomic mass is 79.9. The quantitative estimate of drug-likeness (QED) is 0.406. The number of benzene rings is 2. The monoisotopic (exact) mass is 457 g/mol. The number of nitrogens with zero attached hydrogens (tertiary/aromatic N) is 2. The minimum Gasteiger partial charge on any atom is -0.490 e. The first-order valence-corrected chi connectivity index (χ1v) is 10.7. The Hall–Kier alpha value is -2.31. The van der Waals surface area contributed by atoms with Gasteiger partial charge in [0.25, 0.3) is 0 Å². The standard InChI is InChI=1S/C23H28BrN3O2/c1-3-28-22-13-20(15-25-9-4-11-27-12-10-26-17-27)21(24)14-23(22)29-16-19-7-5-18(2)6-8-19/h5-8,10,12-14,17,25H,3-4,9,11,15-16H2,1-2H3. The molecule has 0 aliphatic heterocycles. The first kappa shape index (κ1) is 21.4. The number of imidazole rings is 1. The summed E-state index contributed by atoms with van der Waals surface area (Å²) in [6.07, 6.45) is 6.69. The van der Waals surface area contributed by atoms with Crippen molar-refractivity contribution in [2.24, 2.45) is 0 Å². The molecule has 29 heavy (non-hydrogen) atoms. The molecule has 3 aromatic rings. The summed E-state index contributed by atoms with van der Waals surface area (Å²) in [5.41, 5.74) is 3.53. The van der Waals surface area contributed by atoms with Crippen molar-refractivity contribution in [3.8, 4) is 11.5 Å². The van der Waals surface area contributed by atoms with E-state index in [0.29, 0.717) is 13.2 Å². The van der Waals surface area contributed by atoms with Crippen LogP contribution in [0.2, 0.25) is 0 Å². The van der Waals surface area contributed by atoms with E-state index in [-0.39, 0.29) is 0 Å². The van der Waals surface area contributed by atoms with E-state index in [4.69, 9.17) is 9.47 Å². The predicted molar refractivity (Wildman–Crippen MR) is 119 cm³/mol. The van der Waals surface area contributed by atoms with E-state index < -0.39 is 0 Å². The smallest absolute Gasteiger partial charge is 0.162 e. The van der Waals surface area contributed by atoms with Crippen LogP contribution in [0.1, 0.15) is 30.0 Å². The molecule has 0 saturated heterocycles. The molecule has 0 atom stereocenters. The number of rotatable bonds is 11. The zero-order chi connectivity index (χ0) is 20.5. The lowest BCUT2D eigenvalue weighted by Gasteiger charge is -2.16. The lowest BCUT2D eigenvalue weighted by molar-refractivity contribution is 0.269. The Bertz CT molecular complexity index is 880. The van der Waals surface area contributed by atoms with Crippen LogP contribution in [-0.4, -0.2) is 22.7 Å². The van der Waals surface area contributed by atoms with Crippen LogP contribution in [0.3, 0.4) is 0 Å². The number of ether oxygens (including phenoxy) is 2. The molecule has 6 heteroatoms. The fourth-order valence-corrected chi connectivity index (χ4v) is 3.43. The highest BCUT2D eigenvalue weighted by molar-refractivity contribution is 9.10. The van der Waals surface area contributed by atoms with Gasteiger partial charge in [-0.25, -0.2) is 4.98 Å². The topological polar surface area (TPSA) is 48.3 Å². The summed E-state index contributed by atoms with van der Waals surface area (Å²) in [6, 6.07) is 12.4. The SMILES string of the molecule is CCOc1cc(CNCCCn2ccnc2)c(Br)cc1OCc1ccc(C)cc1. The van der Waals surface area contributed by atoms with E-state index in [1.54, 1.807) is 0 Å². The molecule has 0 spiro atoms. The minimum atomic E-state index is 0.513. The van der Waals surface area contributed by atoms with Gasteiger partial charge in [0.1, 0.15) is 6.61 Å². The summed E-state index contributed by atoms with van der Waals surface area (Å²) >= 11 is 3.68. The zero-order valence-corrected chi connectivity index (χ0v) is 18.6. The van der Waals surface area contributed by atoms with Crippen LogP contribution in [0.4, 0.5) is 0 Å². The molecule has 0 radical (unpaired) electrons.